The molecule has 1 fully saturated rings. The second kappa shape index (κ2) is 5.65. The van der Waals surface area contributed by atoms with E-state index in [9.17, 15) is 14.3 Å². The first kappa shape index (κ1) is 13.3. The zero-order valence-electron chi connectivity index (χ0n) is 9.62. The molecule has 0 aliphatic carbocycles. The first-order chi connectivity index (χ1) is 8.58. The minimum Gasteiger partial charge on any atom is -0.390 e. The molecule has 98 valence electrons. The van der Waals surface area contributed by atoms with Crippen LogP contribution in [0.25, 0.3) is 0 Å². The predicted octanol–water partition coefficient (Wildman–Crippen LogP) is 0.470. The Hall–Kier alpha value is -1.17. The van der Waals surface area contributed by atoms with Crippen molar-refractivity contribution < 1.29 is 14.3 Å². The SMILES string of the molecule is O=C(Cc1c(F)cccc1Cl)N[C@H]1CNC[C@H]1O. The first-order valence-corrected chi connectivity index (χ1v) is 6.06. The van der Waals surface area contributed by atoms with Crippen LogP contribution >= 0.6 is 11.6 Å². The summed E-state index contributed by atoms with van der Waals surface area (Å²) in [5.74, 6) is -0.850. The van der Waals surface area contributed by atoms with Crippen LogP contribution in [0, 0.1) is 5.82 Å². The summed E-state index contributed by atoms with van der Waals surface area (Å²) in [7, 11) is 0. The lowest BCUT2D eigenvalue weighted by Crippen LogP contribution is -2.43. The minimum atomic E-state index is -0.606. The Labute approximate surface area is 109 Å². The normalized spacial score (nSPS) is 23.1. The van der Waals surface area contributed by atoms with Crippen molar-refractivity contribution in [2.75, 3.05) is 13.1 Å². The molecule has 1 heterocycles. The van der Waals surface area contributed by atoms with E-state index in [1.54, 1.807) is 6.07 Å². The first-order valence-electron chi connectivity index (χ1n) is 5.69. The molecule has 1 aliphatic heterocycles. The summed E-state index contributed by atoms with van der Waals surface area (Å²) in [6.07, 6.45) is -0.737. The third-order valence-electron chi connectivity index (χ3n) is 2.93. The highest BCUT2D eigenvalue weighted by atomic mass is 35.5. The fraction of sp³-hybridized carbons (Fsp3) is 0.417. The second-order valence-electron chi connectivity index (χ2n) is 4.28. The van der Waals surface area contributed by atoms with Crippen LogP contribution < -0.4 is 10.6 Å². The van der Waals surface area contributed by atoms with E-state index >= 15 is 0 Å². The molecule has 1 amide bonds. The highest BCUT2D eigenvalue weighted by Gasteiger charge is 2.26. The van der Waals surface area contributed by atoms with Crippen molar-refractivity contribution in [1.82, 2.24) is 10.6 Å². The summed E-state index contributed by atoms with van der Waals surface area (Å²) in [5, 5.41) is 15.4. The second-order valence-corrected chi connectivity index (χ2v) is 4.68. The molecule has 4 nitrogen and oxygen atoms in total. The average molecular weight is 273 g/mol. The van der Waals surface area contributed by atoms with Gasteiger partial charge in [-0.05, 0) is 12.1 Å². The molecule has 1 aromatic rings. The van der Waals surface area contributed by atoms with E-state index in [4.69, 9.17) is 11.6 Å². The number of hydrogen-bond acceptors (Lipinski definition) is 3. The topological polar surface area (TPSA) is 61.4 Å². The zero-order valence-corrected chi connectivity index (χ0v) is 10.4. The van der Waals surface area contributed by atoms with Crippen LogP contribution in [0.2, 0.25) is 5.02 Å². The van der Waals surface area contributed by atoms with E-state index in [-0.39, 0.29) is 29.0 Å². The Morgan fingerprint density at radius 1 is 1.56 bits per heavy atom. The van der Waals surface area contributed by atoms with Gasteiger partial charge in [0.1, 0.15) is 5.82 Å². The van der Waals surface area contributed by atoms with Gasteiger partial charge in [-0.15, -0.1) is 0 Å². The van der Waals surface area contributed by atoms with Crippen molar-refractivity contribution in [3.8, 4) is 0 Å². The smallest absolute Gasteiger partial charge is 0.224 e. The van der Waals surface area contributed by atoms with E-state index < -0.39 is 11.9 Å². The summed E-state index contributed by atoms with van der Waals surface area (Å²) < 4.78 is 13.5. The lowest BCUT2D eigenvalue weighted by atomic mass is 10.1. The molecular weight excluding hydrogens is 259 g/mol. The number of β-amino-alcohol motifs (C(OH)–C–C–N with tert-alkyl or cyclic N) is 1. The van der Waals surface area contributed by atoms with E-state index in [0.717, 1.165) is 0 Å². The summed E-state index contributed by atoms with van der Waals surface area (Å²) >= 11 is 5.84. The maximum atomic E-state index is 13.5. The number of halogens is 2. The van der Waals surface area contributed by atoms with Gasteiger partial charge >= 0.3 is 0 Å². The number of nitrogens with one attached hydrogen (secondary N) is 2. The molecule has 1 aliphatic rings. The monoisotopic (exact) mass is 272 g/mol. The summed E-state index contributed by atoms with van der Waals surface area (Å²) in [5.41, 5.74) is 0.178. The van der Waals surface area contributed by atoms with Crippen molar-refractivity contribution in [1.29, 1.82) is 0 Å². The lowest BCUT2D eigenvalue weighted by molar-refractivity contribution is -0.121. The number of aliphatic hydroxyl groups excluding tert-OH is 1. The zero-order chi connectivity index (χ0) is 13.1. The molecule has 18 heavy (non-hydrogen) atoms. The van der Waals surface area contributed by atoms with Gasteiger partial charge in [0.05, 0.1) is 18.6 Å². The maximum Gasteiger partial charge on any atom is 0.224 e. The Balaban J connectivity index is 1.99. The molecule has 1 saturated heterocycles. The van der Waals surface area contributed by atoms with E-state index in [1.165, 1.54) is 12.1 Å². The van der Waals surface area contributed by atoms with Crippen molar-refractivity contribution in [2.24, 2.45) is 0 Å². The third-order valence-corrected chi connectivity index (χ3v) is 3.28. The number of rotatable bonds is 3. The van der Waals surface area contributed by atoms with Crippen molar-refractivity contribution in [3.05, 3.63) is 34.6 Å². The molecule has 0 aromatic heterocycles. The van der Waals surface area contributed by atoms with Gasteiger partial charge in [-0.1, -0.05) is 17.7 Å². The van der Waals surface area contributed by atoms with Gasteiger partial charge in [0.25, 0.3) is 0 Å². The molecule has 2 atom stereocenters. The van der Waals surface area contributed by atoms with Gasteiger partial charge in [-0.3, -0.25) is 4.79 Å². The van der Waals surface area contributed by atoms with Crippen LogP contribution in [0.3, 0.4) is 0 Å². The quantitative estimate of drug-likeness (QED) is 0.750. The van der Waals surface area contributed by atoms with Gasteiger partial charge in [-0.2, -0.15) is 0 Å². The maximum absolute atomic E-state index is 13.5. The van der Waals surface area contributed by atoms with Crippen molar-refractivity contribution in [2.45, 2.75) is 18.6 Å². The molecule has 1 aromatic carbocycles. The molecule has 0 radical (unpaired) electrons. The Bertz CT molecular complexity index is 435. The highest BCUT2D eigenvalue weighted by Crippen LogP contribution is 2.19. The van der Waals surface area contributed by atoms with Crippen LogP contribution in [-0.4, -0.2) is 36.2 Å². The number of aliphatic hydroxyl groups is 1. The molecule has 0 spiro atoms. The van der Waals surface area contributed by atoms with Gasteiger partial charge in [0.15, 0.2) is 0 Å². The highest BCUT2D eigenvalue weighted by molar-refractivity contribution is 6.31. The third kappa shape index (κ3) is 2.98. The largest absolute Gasteiger partial charge is 0.390 e. The number of benzene rings is 1. The fourth-order valence-corrected chi connectivity index (χ4v) is 2.16. The number of hydrogen-bond donors (Lipinski definition) is 3. The number of carbonyl (C=O) groups is 1. The Morgan fingerprint density at radius 2 is 2.33 bits per heavy atom. The Kier molecular flexibility index (Phi) is 4.16. The summed E-state index contributed by atoms with van der Waals surface area (Å²) in [6, 6.07) is 3.96. The minimum absolute atomic E-state index is 0.130. The van der Waals surface area contributed by atoms with Gasteiger partial charge < -0.3 is 15.7 Å². The molecule has 0 unspecified atom stereocenters. The van der Waals surface area contributed by atoms with E-state index in [2.05, 4.69) is 10.6 Å². The average Bonchev–Trinajstić information content (AvgIpc) is 2.70. The standard InChI is InChI=1S/C12H14ClFN2O2/c13-8-2-1-3-9(14)7(8)4-12(18)16-10-5-15-6-11(10)17/h1-3,10-11,15,17H,4-6H2,(H,16,18)/t10-,11+/m0/s1. The van der Waals surface area contributed by atoms with Crippen LogP contribution in [0.1, 0.15) is 5.56 Å². The molecule has 6 heteroatoms. The molecular formula is C12H14ClFN2O2. The van der Waals surface area contributed by atoms with Crippen molar-refractivity contribution >= 4 is 17.5 Å². The van der Waals surface area contributed by atoms with Crippen LogP contribution in [-0.2, 0) is 11.2 Å². The predicted molar refractivity (Wildman–Crippen MR) is 65.9 cm³/mol. The Morgan fingerprint density at radius 3 is 2.94 bits per heavy atom. The molecule has 0 saturated carbocycles. The lowest BCUT2D eigenvalue weighted by Gasteiger charge is -2.15. The van der Waals surface area contributed by atoms with Gasteiger partial charge in [0, 0.05) is 23.7 Å². The van der Waals surface area contributed by atoms with E-state index in [1.807, 2.05) is 0 Å². The fourth-order valence-electron chi connectivity index (χ4n) is 1.93. The van der Waals surface area contributed by atoms with Crippen LogP contribution in [0.4, 0.5) is 4.39 Å². The molecule has 2 rings (SSSR count). The summed E-state index contributed by atoms with van der Waals surface area (Å²) in [6.45, 7) is 0.962. The molecule has 0 bridgehead atoms. The summed E-state index contributed by atoms with van der Waals surface area (Å²) in [4.78, 5) is 11.7. The van der Waals surface area contributed by atoms with E-state index in [0.29, 0.717) is 13.1 Å². The number of carbonyl (C=O) groups excluding carboxylic acids is 1. The van der Waals surface area contributed by atoms with Crippen LogP contribution in [0.5, 0.6) is 0 Å². The number of amides is 1. The van der Waals surface area contributed by atoms with Crippen molar-refractivity contribution in [3.63, 3.8) is 0 Å². The van der Waals surface area contributed by atoms with Gasteiger partial charge in [0.2, 0.25) is 5.91 Å². The van der Waals surface area contributed by atoms with Gasteiger partial charge in [-0.25, -0.2) is 4.39 Å². The van der Waals surface area contributed by atoms with Crippen LogP contribution in [0.15, 0.2) is 18.2 Å². The molecule has 3 N–H and O–H groups in total.